The normalized spacial score (nSPS) is 13.8. The number of fused-ring (bicyclic) bond motifs is 1. The van der Waals surface area contributed by atoms with Crippen LogP contribution in [0.4, 0.5) is 5.69 Å². The third kappa shape index (κ3) is 2.99. The number of carboxylic acid groups (broad SMARTS) is 1. The minimum absolute atomic E-state index is 0.120. The zero-order valence-corrected chi connectivity index (χ0v) is 11.5. The van der Waals surface area contributed by atoms with E-state index in [2.05, 4.69) is 0 Å². The Labute approximate surface area is 121 Å². The van der Waals surface area contributed by atoms with Gasteiger partial charge >= 0.3 is 5.97 Å². The minimum Gasteiger partial charge on any atom is -0.481 e. The molecule has 1 aliphatic heterocycles. The van der Waals surface area contributed by atoms with Crippen LogP contribution in [0.25, 0.3) is 0 Å². The Morgan fingerprint density at radius 2 is 1.95 bits per heavy atom. The van der Waals surface area contributed by atoms with Gasteiger partial charge in [-0.25, -0.2) is 0 Å². The van der Waals surface area contributed by atoms with Crippen molar-refractivity contribution in [1.82, 2.24) is 0 Å². The number of carbonyl (C=O) groups excluding carboxylic acids is 2. The fraction of sp³-hybridized carbons (Fsp3) is 0.357. The smallest absolute Gasteiger partial charge is 0.303 e. The van der Waals surface area contributed by atoms with Gasteiger partial charge in [-0.05, 0) is 31.0 Å². The van der Waals surface area contributed by atoms with Crippen molar-refractivity contribution in [2.75, 3.05) is 11.4 Å². The van der Waals surface area contributed by atoms with Gasteiger partial charge in [-0.1, -0.05) is 18.0 Å². The van der Waals surface area contributed by atoms with Gasteiger partial charge < -0.3 is 10.0 Å². The fourth-order valence-corrected chi connectivity index (χ4v) is 2.38. The molecule has 0 atom stereocenters. The number of halogens is 1. The summed E-state index contributed by atoms with van der Waals surface area (Å²) in [6, 6.07) is 4.75. The maximum atomic E-state index is 11.9. The third-order valence-corrected chi connectivity index (χ3v) is 3.44. The van der Waals surface area contributed by atoms with E-state index in [0.29, 0.717) is 42.1 Å². The van der Waals surface area contributed by atoms with Gasteiger partial charge in [0, 0.05) is 18.0 Å². The summed E-state index contributed by atoms with van der Waals surface area (Å²) in [5.74, 6) is -1.88. The van der Waals surface area contributed by atoms with E-state index >= 15 is 0 Å². The number of nitrogens with zero attached hydrogens (tertiary/aromatic N) is 1. The number of rotatable bonds is 6. The van der Waals surface area contributed by atoms with E-state index in [-0.39, 0.29) is 6.42 Å². The van der Waals surface area contributed by atoms with Crippen LogP contribution >= 0.6 is 11.6 Å². The number of hydrogen-bond acceptors (Lipinski definition) is 3. The molecule has 106 valence electrons. The molecule has 0 bridgehead atoms. The fourth-order valence-electron chi connectivity index (χ4n) is 2.21. The summed E-state index contributed by atoms with van der Waals surface area (Å²) in [6.07, 6.45) is 2.03. The molecule has 1 N–H and O–H groups in total. The molecule has 0 saturated heterocycles. The summed E-state index contributed by atoms with van der Waals surface area (Å²) in [4.78, 5) is 35.5. The number of anilines is 1. The van der Waals surface area contributed by atoms with Gasteiger partial charge in [0.15, 0.2) is 0 Å². The summed E-state index contributed by atoms with van der Waals surface area (Å²) in [5.41, 5.74) is 0.927. The molecule has 0 fully saturated rings. The van der Waals surface area contributed by atoms with Crippen LogP contribution in [-0.4, -0.2) is 29.3 Å². The highest BCUT2D eigenvalue weighted by molar-refractivity contribution is 6.52. The Hall–Kier alpha value is -1.88. The van der Waals surface area contributed by atoms with Crippen LogP contribution in [0.5, 0.6) is 0 Å². The summed E-state index contributed by atoms with van der Waals surface area (Å²) >= 11 is 5.89. The number of aliphatic carboxylic acids is 1. The van der Waals surface area contributed by atoms with E-state index in [1.165, 1.54) is 4.90 Å². The molecular weight excluding hydrogens is 282 g/mol. The second-order valence-electron chi connectivity index (χ2n) is 4.65. The predicted octanol–water partition coefficient (Wildman–Crippen LogP) is 2.51. The van der Waals surface area contributed by atoms with E-state index < -0.39 is 17.7 Å². The summed E-state index contributed by atoms with van der Waals surface area (Å²) in [5, 5.41) is 9.01. The average Bonchev–Trinajstić information content (AvgIpc) is 2.62. The van der Waals surface area contributed by atoms with Gasteiger partial charge in [0.2, 0.25) is 0 Å². The zero-order chi connectivity index (χ0) is 14.7. The van der Waals surface area contributed by atoms with Crippen molar-refractivity contribution in [1.29, 1.82) is 0 Å². The predicted molar refractivity (Wildman–Crippen MR) is 74.2 cm³/mol. The number of benzene rings is 1. The summed E-state index contributed by atoms with van der Waals surface area (Å²) in [7, 11) is 0. The van der Waals surface area contributed by atoms with Crippen LogP contribution < -0.4 is 4.90 Å². The zero-order valence-electron chi connectivity index (χ0n) is 10.8. The van der Waals surface area contributed by atoms with Crippen molar-refractivity contribution < 1.29 is 19.5 Å². The number of carbonyl (C=O) groups is 3. The second-order valence-corrected chi connectivity index (χ2v) is 5.09. The number of Topliss-reactive ketones (excluding diaryl/α,β-unsaturated/α-hetero) is 1. The Kier molecular flexibility index (Phi) is 4.39. The van der Waals surface area contributed by atoms with Crippen LogP contribution in [0.1, 0.15) is 36.0 Å². The third-order valence-electron chi connectivity index (χ3n) is 3.21. The Morgan fingerprint density at radius 1 is 1.20 bits per heavy atom. The maximum Gasteiger partial charge on any atom is 0.303 e. The van der Waals surface area contributed by atoms with E-state index in [0.717, 1.165) is 0 Å². The molecule has 1 aromatic carbocycles. The first-order valence-corrected chi connectivity index (χ1v) is 6.76. The molecule has 20 heavy (non-hydrogen) atoms. The number of hydrogen-bond donors (Lipinski definition) is 1. The van der Waals surface area contributed by atoms with Gasteiger partial charge in [0.05, 0.1) is 11.3 Å². The second kappa shape index (κ2) is 6.05. The SMILES string of the molecule is O=C(O)CCCCCN1C(=O)C(=O)c2ccc(Cl)cc21. The Morgan fingerprint density at radius 3 is 2.65 bits per heavy atom. The highest BCUT2D eigenvalue weighted by atomic mass is 35.5. The molecule has 6 heteroatoms. The molecule has 5 nitrogen and oxygen atoms in total. The maximum absolute atomic E-state index is 11.9. The molecule has 1 aliphatic rings. The largest absolute Gasteiger partial charge is 0.481 e. The molecule has 1 amide bonds. The van der Waals surface area contributed by atoms with Gasteiger partial charge in [-0.15, -0.1) is 0 Å². The van der Waals surface area contributed by atoms with Crippen LogP contribution in [0.15, 0.2) is 18.2 Å². The van der Waals surface area contributed by atoms with Crippen LogP contribution in [-0.2, 0) is 9.59 Å². The summed E-state index contributed by atoms with van der Waals surface area (Å²) < 4.78 is 0. The van der Waals surface area contributed by atoms with Crippen LogP contribution in [0, 0.1) is 0 Å². The van der Waals surface area contributed by atoms with Crippen LogP contribution in [0.2, 0.25) is 5.02 Å². The first-order valence-electron chi connectivity index (χ1n) is 6.38. The van der Waals surface area contributed by atoms with Crippen molar-refractivity contribution in [2.45, 2.75) is 25.7 Å². The van der Waals surface area contributed by atoms with E-state index in [1.54, 1.807) is 18.2 Å². The molecule has 0 radical (unpaired) electrons. The van der Waals surface area contributed by atoms with Gasteiger partial charge in [0.1, 0.15) is 0 Å². The standard InChI is InChI=1S/C14H14ClNO4/c15-9-5-6-10-11(8-9)16(14(20)13(10)19)7-3-1-2-4-12(17)18/h5-6,8H,1-4,7H2,(H,17,18). The van der Waals surface area contributed by atoms with Crippen molar-refractivity contribution in [3.8, 4) is 0 Å². The molecule has 0 spiro atoms. The van der Waals surface area contributed by atoms with Gasteiger partial charge in [-0.3, -0.25) is 14.4 Å². The monoisotopic (exact) mass is 295 g/mol. The summed E-state index contributed by atoms with van der Waals surface area (Å²) in [6.45, 7) is 0.400. The highest BCUT2D eigenvalue weighted by Gasteiger charge is 2.35. The van der Waals surface area contributed by atoms with E-state index in [4.69, 9.17) is 16.7 Å². The first kappa shape index (κ1) is 14.5. The number of carboxylic acids is 1. The number of amides is 1. The molecule has 0 aliphatic carbocycles. The van der Waals surface area contributed by atoms with E-state index in [1.807, 2.05) is 0 Å². The molecule has 0 aromatic heterocycles. The number of ketones is 1. The minimum atomic E-state index is -0.824. The lowest BCUT2D eigenvalue weighted by atomic mass is 10.1. The number of unbranched alkanes of at least 4 members (excludes halogenated alkanes) is 2. The van der Waals surface area contributed by atoms with Crippen molar-refractivity contribution >= 4 is 34.9 Å². The van der Waals surface area contributed by atoms with Gasteiger partial charge in [-0.2, -0.15) is 0 Å². The molecule has 2 rings (SSSR count). The lowest BCUT2D eigenvalue weighted by Gasteiger charge is -2.16. The van der Waals surface area contributed by atoms with Crippen LogP contribution in [0.3, 0.4) is 0 Å². The highest BCUT2D eigenvalue weighted by Crippen LogP contribution is 2.31. The lowest BCUT2D eigenvalue weighted by Crippen LogP contribution is -2.30. The molecule has 0 unspecified atom stereocenters. The molecule has 1 heterocycles. The van der Waals surface area contributed by atoms with Gasteiger partial charge in [0.25, 0.3) is 11.7 Å². The van der Waals surface area contributed by atoms with Crippen molar-refractivity contribution in [2.24, 2.45) is 0 Å². The quantitative estimate of drug-likeness (QED) is 0.646. The van der Waals surface area contributed by atoms with Crippen molar-refractivity contribution in [3.63, 3.8) is 0 Å². The average molecular weight is 296 g/mol. The Balaban J connectivity index is 1.99. The molecule has 0 saturated carbocycles. The van der Waals surface area contributed by atoms with E-state index in [9.17, 15) is 14.4 Å². The topological polar surface area (TPSA) is 74.7 Å². The molecular formula is C14H14ClNO4. The van der Waals surface area contributed by atoms with Crippen molar-refractivity contribution in [3.05, 3.63) is 28.8 Å². The Bertz CT molecular complexity index is 570. The molecule has 1 aromatic rings. The lowest BCUT2D eigenvalue weighted by molar-refractivity contribution is -0.137. The first-order chi connectivity index (χ1) is 9.50.